The number of nitrogens with two attached hydrogens (primary N) is 2. The van der Waals surface area contributed by atoms with Crippen molar-refractivity contribution in [3.8, 4) is 0 Å². The molecule has 0 aromatic carbocycles. The van der Waals surface area contributed by atoms with Crippen LogP contribution >= 0.6 is 0 Å². The molecule has 0 spiro atoms. The second-order valence-corrected chi connectivity index (χ2v) is 2.41. The molecule has 0 aromatic heterocycles. The topological polar surface area (TPSA) is 128 Å². The molecule has 6 nitrogen and oxygen atoms in total. The summed E-state index contributed by atoms with van der Waals surface area (Å²) in [6.45, 7) is 0.455. The first-order valence-electron chi connectivity index (χ1n) is 3.58. The molecule has 0 aliphatic heterocycles. The molecule has 0 bridgehead atoms. The third-order valence-electron chi connectivity index (χ3n) is 1.31. The second-order valence-electron chi connectivity index (χ2n) is 2.41. The summed E-state index contributed by atoms with van der Waals surface area (Å²) in [5.41, 5.74) is 10.1. The van der Waals surface area contributed by atoms with Crippen LogP contribution in [-0.2, 0) is 27.2 Å². The molecule has 7 heteroatoms. The van der Waals surface area contributed by atoms with Gasteiger partial charge in [0, 0.05) is 12.6 Å². The van der Waals surface area contributed by atoms with E-state index in [1.54, 1.807) is 0 Å². The first-order chi connectivity index (χ1) is 5.54. The molecule has 0 aromatic rings. The minimum absolute atomic E-state index is 0. The molecule has 0 fully saturated rings. The van der Waals surface area contributed by atoms with Gasteiger partial charge in [0.25, 0.3) is 0 Å². The molecule has 0 amide bonds. The van der Waals surface area contributed by atoms with Crippen LogP contribution in [0.2, 0.25) is 0 Å². The number of rotatable bonds is 5. The minimum atomic E-state index is -1.25. The van der Waals surface area contributed by atoms with Gasteiger partial charge < -0.3 is 26.7 Å². The van der Waals surface area contributed by atoms with Crippen LogP contribution in [0, 0.1) is 5.41 Å². The van der Waals surface area contributed by atoms with Crippen molar-refractivity contribution < 1.29 is 32.3 Å². The fourth-order valence-electron chi connectivity index (χ4n) is 0.663. The summed E-state index contributed by atoms with van der Waals surface area (Å²) in [6.07, 6.45) is 0.872. The zero-order valence-corrected chi connectivity index (χ0v) is 8.45. The van der Waals surface area contributed by atoms with E-state index in [0.717, 1.165) is 0 Å². The molecule has 13 heavy (non-hydrogen) atoms. The van der Waals surface area contributed by atoms with Crippen LogP contribution < -0.4 is 21.9 Å². The van der Waals surface area contributed by atoms with E-state index in [-0.39, 0.29) is 28.3 Å². The summed E-state index contributed by atoms with van der Waals surface area (Å²) >= 11 is 0. The van der Waals surface area contributed by atoms with Crippen LogP contribution in [0.5, 0.6) is 0 Å². The summed E-state index contributed by atoms with van der Waals surface area (Å²) in [4.78, 5) is 10.1. The van der Waals surface area contributed by atoms with Gasteiger partial charge in [-0.3, -0.25) is 5.41 Å². The SMILES string of the molecule is N=C(N)NCCC[C@H](N)C(=O)[O-].[Ag+]. The van der Waals surface area contributed by atoms with Crippen LogP contribution in [0.15, 0.2) is 0 Å². The Labute approximate surface area is 92.1 Å². The van der Waals surface area contributed by atoms with Crippen molar-refractivity contribution in [1.29, 1.82) is 5.41 Å². The van der Waals surface area contributed by atoms with Gasteiger partial charge in [-0.25, -0.2) is 0 Å². The Morgan fingerprint density at radius 1 is 1.62 bits per heavy atom. The van der Waals surface area contributed by atoms with E-state index in [4.69, 9.17) is 16.9 Å². The number of aliphatic carboxylic acids is 1. The number of carbonyl (C=O) groups is 1. The minimum Gasteiger partial charge on any atom is -0.548 e. The van der Waals surface area contributed by atoms with E-state index >= 15 is 0 Å². The predicted octanol–water partition coefficient (Wildman–Crippen LogP) is -2.68. The maximum atomic E-state index is 10.1. The number of carbonyl (C=O) groups excluding carboxylic acids is 1. The maximum absolute atomic E-state index is 10.1. The van der Waals surface area contributed by atoms with E-state index in [9.17, 15) is 9.90 Å². The number of carboxylic acids is 1. The Morgan fingerprint density at radius 3 is 2.54 bits per heavy atom. The Morgan fingerprint density at radius 2 is 2.15 bits per heavy atom. The molecule has 0 rings (SSSR count). The Balaban J connectivity index is 0. The standard InChI is InChI=1S/C6H14N4O2.Ag/c7-4(5(11)12)2-1-3-10-6(8)9;/h4H,1-3,7H2,(H,11,12)(H4,8,9,10);/q;+1/p-1/t4-;/m0./s1. The van der Waals surface area contributed by atoms with Gasteiger partial charge in [-0.1, -0.05) is 0 Å². The Hall–Kier alpha value is -0.560. The normalized spacial score (nSPS) is 11.2. The van der Waals surface area contributed by atoms with Crippen molar-refractivity contribution in [3.63, 3.8) is 0 Å². The van der Waals surface area contributed by atoms with Gasteiger partial charge in [0.2, 0.25) is 0 Å². The summed E-state index contributed by atoms with van der Waals surface area (Å²) in [5.74, 6) is -1.38. The average Bonchev–Trinajstić information content (AvgIpc) is 1.97. The maximum Gasteiger partial charge on any atom is 1.00 e. The van der Waals surface area contributed by atoms with Crippen molar-refractivity contribution >= 4 is 11.9 Å². The Kier molecular flexibility index (Phi) is 9.26. The van der Waals surface area contributed by atoms with Gasteiger partial charge in [0.15, 0.2) is 5.96 Å². The summed E-state index contributed by atoms with van der Waals surface area (Å²) < 4.78 is 0. The van der Waals surface area contributed by atoms with Gasteiger partial charge in [0.05, 0.1) is 5.97 Å². The monoisotopic (exact) mass is 280 g/mol. The molecular formula is C6H13AgN4O2. The third kappa shape index (κ3) is 9.35. The molecule has 0 saturated heterocycles. The zero-order valence-electron chi connectivity index (χ0n) is 6.97. The van der Waals surface area contributed by atoms with Gasteiger partial charge >= 0.3 is 22.4 Å². The largest absolute Gasteiger partial charge is 1.00 e. The smallest absolute Gasteiger partial charge is 0.548 e. The van der Waals surface area contributed by atoms with Crippen molar-refractivity contribution in [2.75, 3.05) is 6.54 Å². The summed E-state index contributed by atoms with van der Waals surface area (Å²) in [5, 5.41) is 19.4. The van der Waals surface area contributed by atoms with Crippen molar-refractivity contribution in [3.05, 3.63) is 0 Å². The molecule has 0 aliphatic rings. The van der Waals surface area contributed by atoms with Crippen LogP contribution in [-0.4, -0.2) is 24.5 Å². The second kappa shape index (κ2) is 8.06. The van der Waals surface area contributed by atoms with E-state index in [2.05, 4.69) is 5.32 Å². The zero-order chi connectivity index (χ0) is 9.56. The molecule has 0 radical (unpaired) electrons. The van der Waals surface area contributed by atoms with Gasteiger partial charge in [-0.15, -0.1) is 0 Å². The van der Waals surface area contributed by atoms with Gasteiger partial charge in [0.1, 0.15) is 0 Å². The molecule has 0 aliphatic carbocycles. The number of hydrogen-bond acceptors (Lipinski definition) is 4. The molecule has 0 saturated carbocycles. The summed E-state index contributed by atoms with van der Waals surface area (Å²) in [7, 11) is 0. The van der Waals surface area contributed by atoms with Crippen LogP contribution in [0.3, 0.4) is 0 Å². The fraction of sp³-hybridized carbons (Fsp3) is 0.667. The molecule has 1 atom stereocenters. The number of nitrogens with one attached hydrogen (secondary N) is 2. The molecule has 6 N–H and O–H groups in total. The van der Waals surface area contributed by atoms with Crippen LogP contribution in [0.4, 0.5) is 0 Å². The van der Waals surface area contributed by atoms with E-state index in [1.807, 2.05) is 0 Å². The number of carboxylic acid groups (broad SMARTS) is 1. The third-order valence-corrected chi connectivity index (χ3v) is 1.31. The molecule has 0 heterocycles. The van der Waals surface area contributed by atoms with Crippen molar-refractivity contribution in [2.45, 2.75) is 18.9 Å². The average molecular weight is 281 g/mol. The van der Waals surface area contributed by atoms with Crippen molar-refractivity contribution in [1.82, 2.24) is 5.32 Å². The molecular weight excluding hydrogens is 268 g/mol. The van der Waals surface area contributed by atoms with Crippen LogP contribution in [0.25, 0.3) is 0 Å². The molecule has 80 valence electrons. The number of guanidine groups is 1. The fourth-order valence-corrected chi connectivity index (χ4v) is 0.663. The quantitative estimate of drug-likeness (QED) is 0.189. The van der Waals surface area contributed by atoms with Crippen molar-refractivity contribution in [2.24, 2.45) is 11.5 Å². The predicted molar refractivity (Wildman–Crippen MR) is 42.1 cm³/mol. The summed E-state index contributed by atoms with van der Waals surface area (Å²) in [6, 6.07) is -0.932. The van der Waals surface area contributed by atoms with Gasteiger partial charge in [-0.05, 0) is 12.8 Å². The van der Waals surface area contributed by atoms with Crippen LogP contribution in [0.1, 0.15) is 12.8 Å². The van der Waals surface area contributed by atoms with E-state index in [0.29, 0.717) is 19.4 Å². The first kappa shape index (κ1) is 14.9. The molecule has 0 unspecified atom stereocenters. The van der Waals surface area contributed by atoms with E-state index < -0.39 is 12.0 Å². The Bertz CT molecular complexity index is 176. The van der Waals surface area contributed by atoms with E-state index in [1.165, 1.54) is 0 Å². The first-order valence-corrected chi connectivity index (χ1v) is 3.58. The number of hydrogen-bond donors (Lipinski definition) is 4. The van der Waals surface area contributed by atoms with Gasteiger partial charge in [-0.2, -0.15) is 0 Å².